The molecule has 2 aliphatic carbocycles. The lowest BCUT2D eigenvalue weighted by molar-refractivity contribution is 0.697. The van der Waals surface area contributed by atoms with Crippen molar-refractivity contribution in [2.45, 2.75) is 12.8 Å². The maximum Gasteiger partial charge on any atom is 0.332 e. The number of hydrogen-bond acceptors (Lipinski definition) is 2. The molecule has 0 aromatic carbocycles. The number of aromatic nitrogens is 3. The summed E-state index contributed by atoms with van der Waals surface area (Å²) >= 11 is 0. The van der Waals surface area contributed by atoms with Crippen LogP contribution in [-0.2, 0) is 21.1 Å². The van der Waals surface area contributed by atoms with Crippen molar-refractivity contribution in [3.63, 3.8) is 0 Å². The molecule has 0 saturated heterocycles. The minimum Gasteiger partial charge on any atom is -0.329 e. The molecule has 0 N–H and O–H groups in total. The lowest BCUT2D eigenvalue weighted by atomic mass is 9.92. The van der Waals surface area contributed by atoms with Crippen LogP contribution >= 0.6 is 0 Å². The van der Waals surface area contributed by atoms with Gasteiger partial charge in [0.05, 0.1) is 11.1 Å². The minimum absolute atomic E-state index is 0.286. The summed E-state index contributed by atoms with van der Waals surface area (Å²) < 4.78 is 12.9. The van der Waals surface area contributed by atoms with Gasteiger partial charge in [-0.25, -0.2) is 4.79 Å². The van der Waals surface area contributed by atoms with Gasteiger partial charge in [0.1, 0.15) is 5.65 Å². The molecule has 0 aliphatic heterocycles. The Morgan fingerprint density at radius 3 is 2.58 bits per heavy atom. The van der Waals surface area contributed by atoms with Crippen LogP contribution in [0.15, 0.2) is 45.5 Å². The summed E-state index contributed by atoms with van der Waals surface area (Å²) in [5.41, 5.74) is 3.67. The smallest absolute Gasteiger partial charge is 0.329 e. The largest absolute Gasteiger partial charge is 0.332 e. The molecule has 1 unspecified atom stereocenters. The van der Waals surface area contributed by atoms with Gasteiger partial charge < -0.3 is 4.57 Å². The highest BCUT2D eigenvalue weighted by Gasteiger charge is 2.24. The summed E-state index contributed by atoms with van der Waals surface area (Å²) in [5.74, 6) is 0. The number of aryl methyl sites for hydroxylation is 2. The highest BCUT2D eigenvalue weighted by atomic mass is 16.2. The van der Waals surface area contributed by atoms with Crippen LogP contribution in [0, 0.1) is 0 Å². The average Bonchev–Trinajstić information content (AvgIpc) is 2.76. The Morgan fingerprint density at radius 1 is 1.04 bits per heavy atom. The Bertz CT molecular complexity index is 1150. The van der Waals surface area contributed by atoms with Crippen molar-refractivity contribution >= 4 is 22.7 Å². The summed E-state index contributed by atoms with van der Waals surface area (Å²) in [6.45, 7) is 0. The fraction of sp³-hybridized carbons (Fsp3) is 0.263. The molecule has 2 aromatic heterocycles. The molecule has 24 heavy (non-hydrogen) atoms. The maximum absolute atomic E-state index is 12.9. The molecule has 1 atom stereocenters. The van der Waals surface area contributed by atoms with Gasteiger partial charge in [0.15, 0.2) is 0 Å². The topological polar surface area (TPSA) is 48.9 Å². The van der Waals surface area contributed by atoms with Crippen molar-refractivity contribution in [2.24, 2.45) is 21.1 Å². The molecule has 2 aromatic rings. The average molecular weight is 322 g/mol. The van der Waals surface area contributed by atoms with E-state index in [1.165, 1.54) is 11.6 Å². The molecular formula is C19H19N3O2. The van der Waals surface area contributed by atoms with E-state index >= 15 is 0 Å². The van der Waals surface area contributed by atoms with E-state index in [2.05, 4.69) is 0 Å². The van der Waals surface area contributed by atoms with E-state index < -0.39 is 6.40 Å². The van der Waals surface area contributed by atoms with Crippen molar-refractivity contribution in [1.82, 2.24) is 13.7 Å². The third-order valence-corrected chi connectivity index (χ3v) is 4.82. The number of rotatable bonds is 0. The van der Waals surface area contributed by atoms with Crippen LogP contribution in [-0.4, -0.2) is 13.7 Å². The number of fused-ring (bicyclic) bond motifs is 6. The van der Waals surface area contributed by atoms with E-state index in [1.807, 2.05) is 48.1 Å². The third-order valence-electron chi connectivity index (χ3n) is 4.82. The second-order valence-corrected chi connectivity index (χ2v) is 6.24. The maximum atomic E-state index is 12.9. The van der Waals surface area contributed by atoms with Crippen molar-refractivity contribution in [3.8, 4) is 0 Å². The van der Waals surface area contributed by atoms with Gasteiger partial charge in [0, 0.05) is 28.1 Å². The first-order valence-electron chi connectivity index (χ1n) is 8.45. The van der Waals surface area contributed by atoms with Gasteiger partial charge in [-0.1, -0.05) is 36.0 Å². The van der Waals surface area contributed by atoms with Crippen molar-refractivity contribution in [1.29, 1.82) is 0 Å². The van der Waals surface area contributed by atoms with Crippen LogP contribution in [0.5, 0.6) is 0 Å². The molecule has 0 saturated carbocycles. The molecule has 0 amide bonds. The summed E-state index contributed by atoms with van der Waals surface area (Å²) in [6.07, 6.45) is 11.8. The first kappa shape index (κ1) is 13.6. The van der Waals surface area contributed by atoms with Crippen LogP contribution in [0.4, 0.5) is 0 Å². The molecule has 0 fully saturated rings. The summed E-state index contributed by atoms with van der Waals surface area (Å²) in [4.78, 5) is 25.3. The zero-order valence-electron chi connectivity index (χ0n) is 14.9. The van der Waals surface area contributed by atoms with Crippen LogP contribution in [0.25, 0.3) is 22.7 Å². The lowest BCUT2D eigenvalue weighted by Crippen LogP contribution is -2.37. The Hall–Kier alpha value is -2.82. The minimum atomic E-state index is -0.427. The van der Waals surface area contributed by atoms with Gasteiger partial charge in [-0.05, 0) is 24.5 Å². The molecule has 4 rings (SSSR count). The van der Waals surface area contributed by atoms with Crippen molar-refractivity contribution in [3.05, 3.63) is 68.0 Å². The molecule has 2 bridgehead atoms. The van der Waals surface area contributed by atoms with Gasteiger partial charge in [-0.2, -0.15) is 0 Å². The Kier molecular flexibility index (Phi) is 2.89. The lowest BCUT2D eigenvalue weighted by Gasteiger charge is -2.13. The van der Waals surface area contributed by atoms with Crippen molar-refractivity contribution in [2.75, 3.05) is 0 Å². The molecule has 0 radical (unpaired) electrons. The monoisotopic (exact) mass is 322 g/mol. The molecule has 0 spiro atoms. The van der Waals surface area contributed by atoms with Gasteiger partial charge in [-0.3, -0.25) is 13.9 Å². The zero-order valence-corrected chi connectivity index (χ0v) is 13.9. The zero-order chi connectivity index (χ0) is 17.9. The summed E-state index contributed by atoms with van der Waals surface area (Å²) in [5, 5.41) is 0.552. The second kappa shape index (κ2) is 5.09. The van der Waals surface area contributed by atoms with Crippen LogP contribution < -0.4 is 11.2 Å². The van der Waals surface area contributed by atoms with E-state index in [1.54, 1.807) is 7.05 Å². The first-order chi connectivity index (χ1) is 11.9. The van der Waals surface area contributed by atoms with Crippen LogP contribution in [0.3, 0.4) is 0 Å². The Morgan fingerprint density at radius 2 is 1.79 bits per heavy atom. The van der Waals surface area contributed by atoms with Gasteiger partial charge in [0.25, 0.3) is 5.56 Å². The molecule has 2 heterocycles. The van der Waals surface area contributed by atoms with Crippen LogP contribution in [0.1, 0.15) is 25.4 Å². The molecule has 122 valence electrons. The normalized spacial score (nSPS) is 21.3. The van der Waals surface area contributed by atoms with Gasteiger partial charge in [-0.15, -0.1) is 0 Å². The Labute approximate surface area is 140 Å². The SMILES string of the molecule is [2H]C1/C=C\c2c(c3c(=O)n(C)c(=O)n(C)c3n2C)C2=CC=CC=C1C2. The molecule has 5 heteroatoms. The van der Waals surface area contributed by atoms with E-state index in [-0.39, 0.29) is 11.2 Å². The molecule has 2 aliphatic rings. The quantitative estimate of drug-likeness (QED) is 0.747. The highest BCUT2D eigenvalue weighted by molar-refractivity contribution is 5.96. The van der Waals surface area contributed by atoms with Crippen LogP contribution in [0.2, 0.25) is 0 Å². The summed E-state index contributed by atoms with van der Waals surface area (Å²) in [6, 6.07) is 0. The van der Waals surface area contributed by atoms with E-state index in [4.69, 9.17) is 1.37 Å². The van der Waals surface area contributed by atoms with E-state index in [0.717, 1.165) is 27.0 Å². The van der Waals surface area contributed by atoms with E-state index in [0.29, 0.717) is 17.5 Å². The summed E-state index contributed by atoms with van der Waals surface area (Å²) in [7, 11) is 5.05. The predicted octanol–water partition coefficient (Wildman–Crippen LogP) is 2.26. The highest BCUT2D eigenvalue weighted by Crippen LogP contribution is 2.36. The molecular weight excluding hydrogens is 302 g/mol. The number of hydrogen-bond donors (Lipinski definition) is 0. The first-order valence-corrected chi connectivity index (χ1v) is 7.87. The number of nitrogens with zero attached hydrogens (tertiary/aromatic N) is 3. The fourth-order valence-corrected chi connectivity index (χ4v) is 3.61. The Balaban J connectivity index is 2.24. The predicted molar refractivity (Wildman–Crippen MR) is 96.9 cm³/mol. The van der Waals surface area contributed by atoms with Crippen molar-refractivity contribution < 1.29 is 1.37 Å². The fourth-order valence-electron chi connectivity index (χ4n) is 3.61. The standard InChI is InChI=1S/C19H19N3O2/c1-20-14-10-6-8-12-7-4-5-9-13(11-12)15(14)16-17(20)21(2)19(24)22(3)18(16)23/h4-7,9-10H,8,11H2,1-3H3/b10-6-/i8D. The molecule has 5 nitrogen and oxygen atoms in total. The third kappa shape index (κ3) is 1.87. The van der Waals surface area contributed by atoms with Gasteiger partial charge in [0.2, 0.25) is 0 Å². The number of allylic oxidation sites excluding steroid dienone is 7. The van der Waals surface area contributed by atoms with E-state index in [9.17, 15) is 9.59 Å². The van der Waals surface area contributed by atoms with Gasteiger partial charge >= 0.3 is 5.69 Å². The second-order valence-electron chi connectivity index (χ2n) is 6.24.